The number of benzene rings is 1. The Morgan fingerprint density at radius 3 is 2.62 bits per heavy atom. The summed E-state index contributed by atoms with van der Waals surface area (Å²) in [5.41, 5.74) is 1.28. The summed E-state index contributed by atoms with van der Waals surface area (Å²) in [4.78, 5) is 0. The molecule has 2 heteroatoms. The Kier molecular flexibility index (Phi) is 2.58. The molecule has 0 atom stereocenters. The second-order valence-corrected chi connectivity index (χ2v) is 4.45. The second kappa shape index (κ2) is 3.70. The predicted octanol–water partition coefficient (Wildman–Crippen LogP) is 3.81. The lowest BCUT2D eigenvalue weighted by Gasteiger charge is -2.12. The first kappa shape index (κ1) is 9.07. The minimum Gasteiger partial charge on any atom is -0.507 e. The zero-order valence-corrected chi connectivity index (χ0v) is 9.05. The van der Waals surface area contributed by atoms with Gasteiger partial charge < -0.3 is 5.11 Å². The molecule has 0 unspecified atom stereocenters. The SMILES string of the molecule is Oc1cccc(C2CCCC2)c1Br. The minimum atomic E-state index is 0.365. The standard InChI is InChI=1S/C11H13BrO/c12-11-9(6-3-7-10(11)13)8-4-1-2-5-8/h3,6-8,13H,1-2,4-5H2. The van der Waals surface area contributed by atoms with Gasteiger partial charge in [-0.25, -0.2) is 0 Å². The van der Waals surface area contributed by atoms with Crippen molar-refractivity contribution in [1.82, 2.24) is 0 Å². The fourth-order valence-corrected chi connectivity index (χ4v) is 2.68. The van der Waals surface area contributed by atoms with E-state index in [0.717, 1.165) is 4.47 Å². The Labute approximate surface area is 86.9 Å². The molecule has 0 radical (unpaired) electrons. The van der Waals surface area contributed by atoms with Gasteiger partial charge in [0.05, 0.1) is 4.47 Å². The molecule has 0 heterocycles. The Hall–Kier alpha value is -0.500. The number of hydrogen-bond acceptors (Lipinski definition) is 1. The highest BCUT2D eigenvalue weighted by Gasteiger charge is 2.19. The summed E-state index contributed by atoms with van der Waals surface area (Å²) in [6, 6.07) is 5.76. The smallest absolute Gasteiger partial charge is 0.130 e. The van der Waals surface area contributed by atoms with E-state index in [1.807, 2.05) is 6.07 Å². The van der Waals surface area contributed by atoms with Gasteiger partial charge in [-0.3, -0.25) is 0 Å². The zero-order chi connectivity index (χ0) is 9.26. The molecule has 13 heavy (non-hydrogen) atoms. The van der Waals surface area contributed by atoms with Crippen LogP contribution in [-0.4, -0.2) is 5.11 Å². The van der Waals surface area contributed by atoms with Crippen LogP contribution in [0.25, 0.3) is 0 Å². The van der Waals surface area contributed by atoms with E-state index in [0.29, 0.717) is 11.7 Å². The minimum absolute atomic E-state index is 0.365. The molecule has 1 aliphatic carbocycles. The summed E-state index contributed by atoms with van der Waals surface area (Å²) in [6.45, 7) is 0. The third-order valence-corrected chi connectivity index (χ3v) is 3.67. The Balaban J connectivity index is 2.33. The second-order valence-electron chi connectivity index (χ2n) is 3.66. The van der Waals surface area contributed by atoms with Crippen LogP contribution in [0, 0.1) is 0 Å². The van der Waals surface area contributed by atoms with Crippen LogP contribution >= 0.6 is 15.9 Å². The summed E-state index contributed by atoms with van der Waals surface area (Å²) >= 11 is 3.44. The molecule has 0 aromatic heterocycles. The van der Waals surface area contributed by atoms with Crippen LogP contribution < -0.4 is 0 Å². The summed E-state index contributed by atoms with van der Waals surface area (Å²) in [5.74, 6) is 1.02. The van der Waals surface area contributed by atoms with Gasteiger partial charge in [-0.15, -0.1) is 0 Å². The molecule has 0 aliphatic heterocycles. The number of phenols is 1. The first-order chi connectivity index (χ1) is 6.29. The maximum Gasteiger partial charge on any atom is 0.130 e. The normalized spacial score (nSPS) is 17.9. The summed E-state index contributed by atoms with van der Waals surface area (Å²) in [6.07, 6.45) is 5.18. The first-order valence-corrected chi connectivity index (χ1v) is 5.55. The van der Waals surface area contributed by atoms with Crippen molar-refractivity contribution in [3.8, 4) is 5.75 Å². The van der Waals surface area contributed by atoms with E-state index in [1.165, 1.54) is 31.2 Å². The van der Waals surface area contributed by atoms with Gasteiger partial charge in [0, 0.05) is 0 Å². The zero-order valence-electron chi connectivity index (χ0n) is 7.46. The summed E-state index contributed by atoms with van der Waals surface area (Å²) in [7, 11) is 0. The highest BCUT2D eigenvalue weighted by atomic mass is 79.9. The molecule has 0 bridgehead atoms. The molecule has 1 fully saturated rings. The number of hydrogen-bond donors (Lipinski definition) is 1. The van der Waals surface area contributed by atoms with Crippen LogP contribution in [0.2, 0.25) is 0 Å². The van der Waals surface area contributed by atoms with Gasteiger partial charge in [-0.05, 0) is 46.3 Å². The molecular weight excluding hydrogens is 228 g/mol. The topological polar surface area (TPSA) is 20.2 Å². The van der Waals surface area contributed by atoms with E-state index in [1.54, 1.807) is 6.07 Å². The molecule has 2 rings (SSSR count). The van der Waals surface area contributed by atoms with Crippen LogP contribution in [-0.2, 0) is 0 Å². The van der Waals surface area contributed by atoms with Gasteiger partial charge in [0.2, 0.25) is 0 Å². The molecule has 1 nitrogen and oxygen atoms in total. The van der Waals surface area contributed by atoms with Crippen LogP contribution in [0.3, 0.4) is 0 Å². The number of phenolic OH excluding ortho intramolecular Hbond substituents is 1. The van der Waals surface area contributed by atoms with E-state index < -0.39 is 0 Å². The van der Waals surface area contributed by atoms with Crippen LogP contribution in [0.5, 0.6) is 5.75 Å². The highest BCUT2D eigenvalue weighted by Crippen LogP contribution is 2.40. The molecule has 1 aliphatic rings. The van der Waals surface area contributed by atoms with Crippen molar-refractivity contribution in [3.63, 3.8) is 0 Å². The number of aromatic hydroxyl groups is 1. The third kappa shape index (κ3) is 1.73. The molecule has 70 valence electrons. The van der Waals surface area contributed by atoms with E-state index >= 15 is 0 Å². The highest BCUT2D eigenvalue weighted by molar-refractivity contribution is 9.10. The van der Waals surface area contributed by atoms with E-state index in [4.69, 9.17) is 0 Å². The van der Waals surface area contributed by atoms with Crippen molar-refractivity contribution in [2.75, 3.05) is 0 Å². The molecule has 0 spiro atoms. The molecule has 0 saturated heterocycles. The Morgan fingerprint density at radius 1 is 1.23 bits per heavy atom. The van der Waals surface area contributed by atoms with Gasteiger partial charge in [-0.2, -0.15) is 0 Å². The number of halogens is 1. The maximum atomic E-state index is 9.51. The largest absolute Gasteiger partial charge is 0.507 e. The Bertz CT molecular complexity index is 303. The van der Waals surface area contributed by atoms with Gasteiger partial charge in [0.15, 0.2) is 0 Å². The maximum absolute atomic E-state index is 9.51. The van der Waals surface area contributed by atoms with Crippen molar-refractivity contribution < 1.29 is 5.11 Å². The first-order valence-electron chi connectivity index (χ1n) is 4.76. The fraction of sp³-hybridized carbons (Fsp3) is 0.455. The van der Waals surface area contributed by atoms with Crippen molar-refractivity contribution in [3.05, 3.63) is 28.2 Å². The molecule has 1 aromatic rings. The van der Waals surface area contributed by atoms with Crippen LogP contribution in [0.4, 0.5) is 0 Å². The summed E-state index contributed by atoms with van der Waals surface area (Å²) in [5, 5.41) is 9.51. The van der Waals surface area contributed by atoms with E-state index in [-0.39, 0.29) is 0 Å². The van der Waals surface area contributed by atoms with Crippen molar-refractivity contribution in [1.29, 1.82) is 0 Å². The van der Waals surface area contributed by atoms with E-state index in [2.05, 4.69) is 22.0 Å². The lowest BCUT2D eigenvalue weighted by atomic mass is 9.98. The van der Waals surface area contributed by atoms with Crippen molar-refractivity contribution in [2.45, 2.75) is 31.6 Å². The van der Waals surface area contributed by atoms with Gasteiger partial charge in [-0.1, -0.05) is 25.0 Å². The monoisotopic (exact) mass is 240 g/mol. The van der Waals surface area contributed by atoms with Crippen LogP contribution in [0.1, 0.15) is 37.2 Å². The fourth-order valence-electron chi connectivity index (χ4n) is 2.09. The third-order valence-electron chi connectivity index (χ3n) is 2.80. The molecule has 0 amide bonds. The molecule has 1 N–H and O–H groups in total. The quantitative estimate of drug-likeness (QED) is 0.792. The molecular formula is C11H13BrO. The van der Waals surface area contributed by atoms with Gasteiger partial charge in [0.1, 0.15) is 5.75 Å². The molecule has 1 saturated carbocycles. The lowest BCUT2D eigenvalue weighted by Crippen LogP contribution is -1.93. The predicted molar refractivity (Wildman–Crippen MR) is 57.0 cm³/mol. The van der Waals surface area contributed by atoms with Crippen molar-refractivity contribution >= 4 is 15.9 Å². The van der Waals surface area contributed by atoms with Gasteiger partial charge >= 0.3 is 0 Å². The van der Waals surface area contributed by atoms with Gasteiger partial charge in [0.25, 0.3) is 0 Å². The lowest BCUT2D eigenvalue weighted by molar-refractivity contribution is 0.470. The molecule has 1 aromatic carbocycles. The van der Waals surface area contributed by atoms with E-state index in [9.17, 15) is 5.11 Å². The average molecular weight is 241 g/mol. The number of rotatable bonds is 1. The average Bonchev–Trinajstić information content (AvgIpc) is 2.62. The Morgan fingerprint density at radius 2 is 1.92 bits per heavy atom. The van der Waals surface area contributed by atoms with Crippen LogP contribution in [0.15, 0.2) is 22.7 Å². The van der Waals surface area contributed by atoms with Crippen molar-refractivity contribution in [2.24, 2.45) is 0 Å². The summed E-state index contributed by atoms with van der Waals surface area (Å²) < 4.78 is 0.891.